The van der Waals surface area contributed by atoms with E-state index in [-0.39, 0.29) is 0 Å². The van der Waals surface area contributed by atoms with Crippen LogP contribution in [0.25, 0.3) is 0 Å². The van der Waals surface area contributed by atoms with Crippen molar-refractivity contribution in [1.82, 2.24) is 10.2 Å². The maximum Gasteiger partial charge on any atom is 0.208 e. The molecule has 0 aliphatic heterocycles. The van der Waals surface area contributed by atoms with E-state index in [9.17, 15) is 4.21 Å². The van der Waals surface area contributed by atoms with Crippen LogP contribution in [-0.2, 0) is 10.8 Å². The summed E-state index contributed by atoms with van der Waals surface area (Å²) in [5, 5.41) is 7.03. The zero-order valence-electron chi connectivity index (χ0n) is 4.50. The lowest BCUT2D eigenvalue weighted by Gasteiger charge is -1.78. The van der Waals surface area contributed by atoms with Crippen LogP contribution >= 0.6 is 22.9 Å². The molecule has 1 aromatic rings. The van der Waals surface area contributed by atoms with Gasteiger partial charge in [0, 0.05) is 6.26 Å². The molecule has 0 bridgehead atoms. The van der Waals surface area contributed by atoms with Crippen LogP contribution in [0.3, 0.4) is 0 Å². The summed E-state index contributed by atoms with van der Waals surface area (Å²) in [6, 6.07) is 0. The highest BCUT2D eigenvalue weighted by molar-refractivity contribution is 7.86. The molecule has 0 amide bonds. The molecule has 0 saturated heterocycles. The molecule has 0 aliphatic carbocycles. The number of hydrogen-bond acceptors (Lipinski definition) is 4. The number of halogens is 1. The van der Waals surface area contributed by atoms with Crippen LogP contribution in [0, 0.1) is 0 Å². The van der Waals surface area contributed by atoms with Gasteiger partial charge >= 0.3 is 0 Å². The molecule has 1 unspecified atom stereocenters. The Labute approximate surface area is 63.5 Å². The second kappa shape index (κ2) is 2.72. The minimum absolute atomic E-state index is 0.334. The summed E-state index contributed by atoms with van der Waals surface area (Å²) in [7, 11) is -1.05. The van der Waals surface area contributed by atoms with Gasteiger partial charge in [-0.1, -0.05) is 11.3 Å². The lowest BCUT2D eigenvalue weighted by Crippen LogP contribution is -1.83. The number of hydrogen-bond donors (Lipinski definition) is 0. The molecule has 0 N–H and O–H groups in total. The molecular weight excluding hydrogens is 180 g/mol. The van der Waals surface area contributed by atoms with E-state index in [0.717, 1.165) is 11.3 Å². The molecule has 50 valence electrons. The Morgan fingerprint density at radius 1 is 1.67 bits per heavy atom. The van der Waals surface area contributed by atoms with Crippen LogP contribution in [0.4, 0.5) is 0 Å². The van der Waals surface area contributed by atoms with Crippen molar-refractivity contribution in [2.45, 2.75) is 4.34 Å². The van der Waals surface area contributed by atoms with Crippen LogP contribution in [0.2, 0.25) is 4.47 Å². The van der Waals surface area contributed by atoms with Gasteiger partial charge in [-0.05, 0) is 11.6 Å². The highest BCUT2D eigenvalue weighted by Crippen LogP contribution is 2.16. The molecule has 9 heavy (non-hydrogen) atoms. The molecule has 1 heterocycles. The first-order valence-corrected chi connectivity index (χ1v) is 4.78. The Morgan fingerprint density at radius 3 is 2.56 bits per heavy atom. The van der Waals surface area contributed by atoms with Gasteiger partial charge in [-0.2, -0.15) is 0 Å². The normalized spacial score (nSPS) is 13.6. The predicted molar refractivity (Wildman–Crippen MR) is 37.3 cm³/mol. The first-order chi connectivity index (χ1) is 4.20. The lowest BCUT2D eigenvalue weighted by atomic mass is 11.6. The van der Waals surface area contributed by atoms with Crippen LogP contribution in [0.15, 0.2) is 4.34 Å². The molecule has 0 fully saturated rings. The molecule has 0 aromatic carbocycles. The van der Waals surface area contributed by atoms with Crippen molar-refractivity contribution in [2.75, 3.05) is 6.26 Å². The fourth-order valence-electron chi connectivity index (χ4n) is 0.309. The molecule has 0 radical (unpaired) electrons. The second-order valence-electron chi connectivity index (χ2n) is 1.28. The minimum atomic E-state index is -1.05. The van der Waals surface area contributed by atoms with Gasteiger partial charge in [-0.25, -0.2) is 0 Å². The quantitative estimate of drug-likeness (QED) is 0.649. The SMILES string of the molecule is CS(=O)c1nnc(Cl)s1. The Kier molecular flexibility index (Phi) is 2.15. The van der Waals surface area contributed by atoms with Crippen molar-refractivity contribution in [2.24, 2.45) is 0 Å². The summed E-state index contributed by atoms with van der Waals surface area (Å²) in [6.45, 7) is 0. The van der Waals surface area contributed by atoms with Gasteiger partial charge in [-0.3, -0.25) is 4.21 Å². The third-order valence-corrected chi connectivity index (χ3v) is 2.97. The fraction of sp³-hybridized carbons (Fsp3) is 0.333. The highest BCUT2D eigenvalue weighted by atomic mass is 35.5. The van der Waals surface area contributed by atoms with Crippen molar-refractivity contribution in [1.29, 1.82) is 0 Å². The van der Waals surface area contributed by atoms with Crippen molar-refractivity contribution in [3.8, 4) is 0 Å². The maximum atomic E-state index is 10.6. The van der Waals surface area contributed by atoms with Gasteiger partial charge in [0.25, 0.3) is 0 Å². The smallest absolute Gasteiger partial charge is 0.208 e. The van der Waals surface area contributed by atoms with Gasteiger partial charge in [0.05, 0.1) is 10.8 Å². The zero-order valence-corrected chi connectivity index (χ0v) is 6.89. The fourth-order valence-corrected chi connectivity index (χ4v) is 1.87. The lowest BCUT2D eigenvalue weighted by molar-refractivity contribution is 0.685. The van der Waals surface area contributed by atoms with Gasteiger partial charge in [0.15, 0.2) is 0 Å². The van der Waals surface area contributed by atoms with Gasteiger partial charge in [0.1, 0.15) is 0 Å². The van der Waals surface area contributed by atoms with Gasteiger partial charge in [0.2, 0.25) is 8.81 Å². The first kappa shape index (κ1) is 7.11. The Balaban J connectivity index is 2.98. The van der Waals surface area contributed by atoms with Crippen molar-refractivity contribution in [3.63, 3.8) is 0 Å². The summed E-state index contributed by atoms with van der Waals surface area (Å²) in [5.41, 5.74) is 0. The summed E-state index contributed by atoms with van der Waals surface area (Å²) >= 11 is 6.55. The Morgan fingerprint density at radius 2 is 2.33 bits per heavy atom. The van der Waals surface area contributed by atoms with Crippen molar-refractivity contribution < 1.29 is 4.21 Å². The van der Waals surface area contributed by atoms with Crippen LogP contribution in [0.5, 0.6) is 0 Å². The topological polar surface area (TPSA) is 42.9 Å². The van der Waals surface area contributed by atoms with E-state index in [0.29, 0.717) is 8.81 Å². The average Bonchev–Trinajstić information content (AvgIpc) is 2.14. The van der Waals surface area contributed by atoms with Gasteiger partial charge < -0.3 is 0 Å². The number of nitrogens with zero attached hydrogens (tertiary/aromatic N) is 2. The summed E-state index contributed by atoms with van der Waals surface area (Å²) in [6.07, 6.45) is 1.54. The van der Waals surface area contributed by atoms with E-state index < -0.39 is 10.8 Å². The maximum absolute atomic E-state index is 10.6. The monoisotopic (exact) mass is 182 g/mol. The average molecular weight is 183 g/mol. The molecular formula is C3H3ClN2OS2. The first-order valence-electron chi connectivity index (χ1n) is 2.02. The second-order valence-corrected chi connectivity index (χ2v) is 4.39. The molecule has 6 heteroatoms. The predicted octanol–water partition coefficient (Wildman–Crippen LogP) is 0.929. The molecule has 1 rings (SSSR count). The van der Waals surface area contributed by atoms with E-state index in [2.05, 4.69) is 10.2 Å². The van der Waals surface area contributed by atoms with E-state index in [1.54, 1.807) is 0 Å². The van der Waals surface area contributed by atoms with Crippen molar-refractivity contribution in [3.05, 3.63) is 4.47 Å². The van der Waals surface area contributed by atoms with Gasteiger partial charge in [-0.15, -0.1) is 10.2 Å². The standard InChI is InChI=1S/C3H3ClN2OS2/c1-9(7)3-6-5-2(4)8-3/h1H3. The third-order valence-electron chi connectivity index (χ3n) is 0.628. The van der Waals surface area contributed by atoms with E-state index in [1.165, 1.54) is 6.26 Å². The van der Waals surface area contributed by atoms with E-state index >= 15 is 0 Å². The highest BCUT2D eigenvalue weighted by Gasteiger charge is 2.03. The van der Waals surface area contributed by atoms with Crippen LogP contribution < -0.4 is 0 Å². The summed E-state index contributed by atoms with van der Waals surface area (Å²) in [5.74, 6) is 0. The van der Waals surface area contributed by atoms with E-state index in [4.69, 9.17) is 11.6 Å². The van der Waals surface area contributed by atoms with E-state index in [1.807, 2.05) is 0 Å². The van der Waals surface area contributed by atoms with Crippen LogP contribution in [-0.4, -0.2) is 20.7 Å². The molecule has 0 aliphatic rings. The molecule has 1 aromatic heterocycles. The Hall–Kier alpha value is -0.0000000000000000278. The molecule has 0 spiro atoms. The molecule has 3 nitrogen and oxygen atoms in total. The van der Waals surface area contributed by atoms with Crippen molar-refractivity contribution >= 4 is 33.7 Å². The third kappa shape index (κ3) is 1.70. The zero-order chi connectivity index (χ0) is 6.85. The van der Waals surface area contributed by atoms with Crippen LogP contribution in [0.1, 0.15) is 0 Å². The molecule has 1 atom stereocenters. The number of aromatic nitrogens is 2. The largest absolute Gasteiger partial charge is 0.252 e. The minimum Gasteiger partial charge on any atom is -0.252 e. The summed E-state index contributed by atoms with van der Waals surface area (Å²) < 4.78 is 11.4. The summed E-state index contributed by atoms with van der Waals surface area (Å²) in [4.78, 5) is 0. The Bertz CT molecular complexity index is 235. The number of rotatable bonds is 1. The molecule has 0 saturated carbocycles.